The fourth-order valence-corrected chi connectivity index (χ4v) is 3.04. The van der Waals surface area contributed by atoms with Crippen LogP contribution in [0.1, 0.15) is 58.9 Å². The number of benzene rings is 1. The molecule has 1 heterocycles. The Morgan fingerprint density at radius 2 is 1.80 bits per heavy atom. The molecular weight excluding hydrogens is 316 g/mol. The van der Waals surface area contributed by atoms with Crippen LogP contribution in [-0.4, -0.2) is 15.3 Å². The molecular formula is C20H24N2O3. The summed E-state index contributed by atoms with van der Waals surface area (Å²) in [4.78, 5) is 40.2. The van der Waals surface area contributed by atoms with Crippen molar-refractivity contribution in [1.82, 2.24) is 9.55 Å². The number of allylic oxidation sites excluding steroid dienone is 1. The summed E-state index contributed by atoms with van der Waals surface area (Å²) in [5.41, 5.74) is 1.85. The van der Waals surface area contributed by atoms with Crippen molar-refractivity contribution in [2.24, 2.45) is 0 Å². The summed E-state index contributed by atoms with van der Waals surface area (Å²) in [5, 5.41) is 0. The van der Waals surface area contributed by atoms with Gasteiger partial charge in [-0.3, -0.25) is 19.1 Å². The molecule has 0 saturated heterocycles. The second-order valence-electron chi connectivity index (χ2n) is 6.61. The number of hydrogen-bond acceptors (Lipinski definition) is 3. The van der Waals surface area contributed by atoms with E-state index in [4.69, 9.17) is 0 Å². The number of rotatable bonds is 6. The number of nitrogens with one attached hydrogen (secondary N) is 1. The average Bonchev–Trinajstić information content (AvgIpc) is 2.51. The maximum Gasteiger partial charge on any atom is 0.328 e. The standard InChI is InChI=1S/C20H24N2O3/c1-6-7-8-22-17(16(12(2)3)19(24)21-20(22)25)18(23)15-10-13(4)9-14(5)11-15/h6,9-12H,1,7-8H2,2-5H3,(H,21,24,25). The van der Waals surface area contributed by atoms with Crippen LogP contribution in [0.2, 0.25) is 0 Å². The van der Waals surface area contributed by atoms with Gasteiger partial charge in [-0.2, -0.15) is 0 Å². The Labute approximate surface area is 147 Å². The zero-order valence-electron chi connectivity index (χ0n) is 15.2. The lowest BCUT2D eigenvalue weighted by Gasteiger charge is -2.17. The van der Waals surface area contributed by atoms with Crippen molar-refractivity contribution in [3.63, 3.8) is 0 Å². The van der Waals surface area contributed by atoms with E-state index in [9.17, 15) is 14.4 Å². The second-order valence-corrected chi connectivity index (χ2v) is 6.61. The monoisotopic (exact) mass is 340 g/mol. The first kappa shape index (κ1) is 18.6. The van der Waals surface area contributed by atoms with Gasteiger partial charge < -0.3 is 0 Å². The van der Waals surface area contributed by atoms with Gasteiger partial charge in [-0.05, 0) is 38.3 Å². The minimum absolute atomic E-state index is 0.176. The predicted molar refractivity (Wildman–Crippen MR) is 99.6 cm³/mol. The molecule has 1 aromatic carbocycles. The molecule has 0 aliphatic carbocycles. The van der Waals surface area contributed by atoms with Gasteiger partial charge in [-0.25, -0.2) is 4.79 Å². The molecule has 0 unspecified atom stereocenters. The van der Waals surface area contributed by atoms with Crippen molar-refractivity contribution in [2.45, 2.75) is 46.6 Å². The van der Waals surface area contributed by atoms with Gasteiger partial charge in [0, 0.05) is 17.7 Å². The highest BCUT2D eigenvalue weighted by molar-refractivity contribution is 6.09. The number of ketones is 1. The van der Waals surface area contributed by atoms with E-state index in [1.165, 1.54) is 4.57 Å². The van der Waals surface area contributed by atoms with Crippen LogP contribution in [0.15, 0.2) is 40.4 Å². The Bertz CT molecular complexity index is 913. The number of carbonyl (C=O) groups is 1. The van der Waals surface area contributed by atoms with Crippen LogP contribution in [0.5, 0.6) is 0 Å². The van der Waals surface area contributed by atoms with Gasteiger partial charge in [0.25, 0.3) is 5.56 Å². The first-order chi connectivity index (χ1) is 11.8. The van der Waals surface area contributed by atoms with E-state index < -0.39 is 11.2 Å². The summed E-state index contributed by atoms with van der Waals surface area (Å²) >= 11 is 0. The van der Waals surface area contributed by atoms with Gasteiger partial charge in [0.2, 0.25) is 5.78 Å². The van der Waals surface area contributed by atoms with Gasteiger partial charge >= 0.3 is 5.69 Å². The zero-order valence-corrected chi connectivity index (χ0v) is 15.2. The minimum atomic E-state index is -0.566. The Hall–Kier alpha value is -2.69. The lowest BCUT2D eigenvalue weighted by atomic mass is 9.95. The summed E-state index contributed by atoms with van der Waals surface area (Å²) in [5.74, 6) is -0.494. The Morgan fingerprint density at radius 1 is 1.20 bits per heavy atom. The lowest BCUT2D eigenvalue weighted by molar-refractivity contribution is 0.102. The third-order valence-electron chi connectivity index (χ3n) is 4.07. The predicted octanol–water partition coefficient (Wildman–Crippen LogP) is 3.08. The van der Waals surface area contributed by atoms with Gasteiger partial charge in [0.15, 0.2) is 0 Å². The Balaban J connectivity index is 2.79. The molecule has 1 aromatic heterocycles. The van der Waals surface area contributed by atoms with Gasteiger partial charge in [-0.15, -0.1) is 6.58 Å². The number of aryl methyl sites for hydroxylation is 2. The van der Waals surface area contributed by atoms with Crippen molar-refractivity contribution < 1.29 is 4.79 Å². The van der Waals surface area contributed by atoms with E-state index in [2.05, 4.69) is 11.6 Å². The average molecular weight is 340 g/mol. The molecule has 0 aliphatic heterocycles. The van der Waals surface area contributed by atoms with Crippen LogP contribution in [-0.2, 0) is 6.54 Å². The van der Waals surface area contributed by atoms with Gasteiger partial charge in [-0.1, -0.05) is 37.1 Å². The van der Waals surface area contributed by atoms with Crippen LogP contribution < -0.4 is 11.2 Å². The number of nitrogens with zero attached hydrogens (tertiary/aromatic N) is 1. The van der Waals surface area contributed by atoms with E-state index >= 15 is 0 Å². The van der Waals surface area contributed by atoms with Crippen molar-refractivity contribution >= 4 is 5.78 Å². The Kier molecular flexibility index (Phi) is 5.57. The summed E-state index contributed by atoms with van der Waals surface area (Å²) in [6.07, 6.45) is 2.20. The molecule has 0 spiro atoms. The highest BCUT2D eigenvalue weighted by atomic mass is 16.2. The number of carbonyl (C=O) groups excluding carboxylic acids is 1. The van der Waals surface area contributed by atoms with Gasteiger partial charge in [0.1, 0.15) is 5.69 Å². The molecule has 5 heteroatoms. The van der Waals surface area contributed by atoms with E-state index in [1.807, 2.05) is 33.8 Å². The summed E-state index contributed by atoms with van der Waals surface area (Å²) in [7, 11) is 0. The first-order valence-corrected chi connectivity index (χ1v) is 8.37. The van der Waals surface area contributed by atoms with Crippen LogP contribution in [0.25, 0.3) is 0 Å². The maximum atomic E-state index is 13.2. The normalized spacial score (nSPS) is 10.9. The molecule has 132 valence electrons. The number of aromatic nitrogens is 2. The molecule has 25 heavy (non-hydrogen) atoms. The molecule has 0 amide bonds. The first-order valence-electron chi connectivity index (χ1n) is 8.37. The van der Waals surface area contributed by atoms with E-state index in [1.54, 1.807) is 18.2 Å². The SMILES string of the molecule is C=CCCn1c(C(=O)c2cc(C)cc(C)c2)c(C(C)C)c(=O)[nH]c1=O. The molecule has 5 nitrogen and oxygen atoms in total. The van der Waals surface area contributed by atoms with Crippen molar-refractivity contribution in [2.75, 3.05) is 0 Å². The van der Waals surface area contributed by atoms with Crippen molar-refractivity contribution in [3.8, 4) is 0 Å². The highest BCUT2D eigenvalue weighted by Gasteiger charge is 2.24. The molecule has 2 rings (SSSR count). The fourth-order valence-electron chi connectivity index (χ4n) is 3.04. The summed E-state index contributed by atoms with van der Waals surface area (Å²) in [6, 6.07) is 5.54. The Morgan fingerprint density at radius 3 is 2.32 bits per heavy atom. The molecule has 2 aromatic rings. The number of H-pyrrole nitrogens is 1. The van der Waals surface area contributed by atoms with E-state index in [0.717, 1.165) is 11.1 Å². The van der Waals surface area contributed by atoms with E-state index in [-0.39, 0.29) is 17.4 Å². The molecule has 0 fully saturated rings. The molecule has 0 radical (unpaired) electrons. The topological polar surface area (TPSA) is 71.9 Å². The van der Waals surface area contributed by atoms with Crippen LogP contribution in [0, 0.1) is 13.8 Å². The third kappa shape index (κ3) is 3.87. The lowest BCUT2D eigenvalue weighted by Crippen LogP contribution is -2.38. The maximum absolute atomic E-state index is 13.2. The number of aromatic amines is 1. The van der Waals surface area contributed by atoms with Crippen LogP contribution >= 0.6 is 0 Å². The number of hydrogen-bond donors (Lipinski definition) is 1. The van der Waals surface area contributed by atoms with Crippen molar-refractivity contribution in [3.05, 3.63) is 79.6 Å². The quantitative estimate of drug-likeness (QED) is 0.649. The smallest absolute Gasteiger partial charge is 0.290 e. The molecule has 0 atom stereocenters. The third-order valence-corrected chi connectivity index (χ3v) is 4.07. The van der Waals surface area contributed by atoms with Crippen LogP contribution in [0.3, 0.4) is 0 Å². The largest absolute Gasteiger partial charge is 0.328 e. The molecule has 1 N–H and O–H groups in total. The van der Waals surface area contributed by atoms with Gasteiger partial charge in [0.05, 0.1) is 0 Å². The fraction of sp³-hybridized carbons (Fsp3) is 0.350. The highest BCUT2D eigenvalue weighted by Crippen LogP contribution is 2.20. The summed E-state index contributed by atoms with van der Waals surface area (Å²) < 4.78 is 1.36. The zero-order chi connectivity index (χ0) is 18.7. The minimum Gasteiger partial charge on any atom is -0.290 e. The second kappa shape index (κ2) is 7.47. The molecule has 0 saturated carbocycles. The molecule has 0 bridgehead atoms. The van der Waals surface area contributed by atoms with Crippen LogP contribution in [0.4, 0.5) is 0 Å². The van der Waals surface area contributed by atoms with Crippen molar-refractivity contribution in [1.29, 1.82) is 0 Å². The van der Waals surface area contributed by atoms with E-state index in [0.29, 0.717) is 24.1 Å². The molecule has 0 aliphatic rings. The summed E-state index contributed by atoms with van der Waals surface area (Å²) in [6.45, 7) is 11.5.